The summed E-state index contributed by atoms with van der Waals surface area (Å²) in [7, 11) is 0. The summed E-state index contributed by atoms with van der Waals surface area (Å²) in [4.78, 5) is 30.1. The normalized spacial score (nSPS) is 22.5. The SMILES string of the molecule is Cc1c(C(=O)N2CCC3(CC2)CC(=O)NC[C@H]3c2cccc(F)c2)cccc1N1CCOCC1. The van der Waals surface area contributed by atoms with Crippen molar-refractivity contribution in [2.24, 2.45) is 5.41 Å². The lowest BCUT2D eigenvalue weighted by Crippen LogP contribution is -2.53. The number of carbonyl (C=O) groups excluding carboxylic acids is 2. The first-order valence-electron chi connectivity index (χ1n) is 12.2. The highest BCUT2D eigenvalue weighted by Gasteiger charge is 2.47. The van der Waals surface area contributed by atoms with Gasteiger partial charge in [-0.2, -0.15) is 0 Å². The van der Waals surface area contributed by atoms with Gasteiger partial charge in [-0.05, 0) is 60.6 Å². The summed E-state index contributed by atoms with van der Waals surface area (Å²) in [6, 6.07) is 12.7. The van der Waals surface area contributed by atoms with Crippen molar-refractivity contribution in [2.45, 2.75) is 32.1 Å². The largest absolute Gasteiger partial charge is 0.378 e. The Morgan fingerprint density at radius 3 is 2.56 bits per heavy atom. The lowest BCUT2D eigenvalue weighted by molar-refractivity contribution is -0.127. The van der Waals surface area contributed by atoms with Gasteiger partial charge >= 0.3 is 0 Å². The molecule has 34 heavy (non-hydrogen) atoms. The number of rotatable bonds is 3. The molecule has 0 aromatic heterocycles. The molecule has 2 aromatic carbocycles. The standard InChI is InChI=1S/C27H32FN3O3/c1-19-22(6-3-7-24(19)30-12-14-34-15-13-30)26(33)31-10-8-27(9-11-31)17-25(32)29-18-23(27)20-4-2-5-21(28)16-20/h2-7,16,23H,8-15,17-18H2,1H3,(H,29,32)/t23-/m0/s1. The molecule has 0 saturated carbocycles. The number of likely N-dealkylation sites (tertiary alicyclic amines) is 1. The lowest BCUT2D eigenvalue weighted by Gasteiger charge is -2.49. The van der Waals surface area contributed by atoms with Gasteiger partial charge in [-0.25, -0.2) is 4.39 Å². The Hall–Kier alpha value is -2.93. The average Bonchev–Trinajstić information content (AvgIpc) is 2.85. The minimum absolute atomic E-state index is 0.0430. The summed E-state index contributed by atoms with van der Waals surface area (Å²) in [5.41, 5.74) is 3.51. The molecule has 1 spiro atoms. The molecule has 2 aromatic rings. The van der Waals surface area contributed by atoms with E-state index in [-0.39, 0.29) is 29.0 Å². The number of hydrogen-bond acceptors (Lipinski definition) is 4. The molecule has 3 aliphatic rings. The van der Waals surface area contributed by atoms with Crippen LogP contribution in [0.4, 0.5) is 10.1 Å². The van der Waals surface area contributed by atoms with Crippen LogP contribution in [-0.2, 0) is 9.53 Å². The number of anilines is 1. The molecule has 6 nitrogen and oxygen atoms in total. The Labute approximate surface area is 200 Å². The van der Waals surface area contributed by atoms with Crippen molar-refractivity contribution in [1.29, 1.82) is 0 Å². The fraction of sp³-hybridized carbons (Fsp3) is 0.481. The van der Waals surface area contributed by atoms with Crippen LogP contribution in [-0.4, -0.2) is 62.7 Å². The van der Waals surface area contributed by atoms with Gasteiger partial charge in [-0.3, -0.25) is 9.59 Å². The van der Waals surface area contributed by atoms with E-state index in [9.17, 15) is 14.0 Å². The third kappa shape index (κ3) is 4.29. The Morgan fingerprint density at radius 2 is 1.82 bits per heavy atom. The van der Waals surface area contributed by atoms with Crippen LogP contribution in [0.2, 0.25) is 0 Å². The lowest BCUT2D eigenvalue weighted by atomic mass is 9.62. The first-order chi connectivity index (χ1) is 16.5. The van der Waals surface area contributed by atoms with E-state index < -0.39 is 0 Å². The van der Waals surface area contributed by atoms with Gasteiger partial charge < -0.3 is 19.9 Å². The number of hydrogen-bond donors (Lipinski definition) is 1. The van der Waals surface area contributed by atoms with E-state index in [0.717, 1.165) is 48.3 Å². The predicted molar refractivity (Wildman–Crippen MR) is 129 cm³/mol. The minimum Gasteiger partial charge on any atom is -0.378 e. The summed E-state index contributed by atoms with van der Waals surface area (Å²) in [5.74, 6) is -0.121. The van der Waals surface area contributed by atoms with Crippen LogP contribution >= 0.6 is 0 Å². The molecule has 0 radical (unpaired) electrons. The van der Waals surface area contributed by atoms with Crippen molar-refractivity contribution in [2.75, 3.05) is 50.8 Å². The topological polar surface area (TPSA) is 61.9 Å². The molecule has 2 amide bonds. The van der Waals surface area contributed by atoms with Gasteiger partial charge in [0.05, 0.1) is 13.2 Å². The van der Waals surface area contributed by atoms with E-state index in [1.54, 1.807) is 12.1 Å². The third-order valence-corrected chi connectivity index (χ3v) is 7.94. The van der Waals surface area contributed by atoms with Gasteiger partial charge in [0.15, 0.2) is 0 Å². The van der Waals surface area contributed by atoms with Gasteiger partial charge in [0, 0.05) is 56.3 Å². The number of halogens is 1. The van der Waals surface area contributed by atoms with E-state index in [1.807, 2.05) is 30.0 Å². The van der Waals surface area contributed by atoms with E-state index in [2.05, 4.69) is 16.3 Å². The molecule has 3 heterocycles. The van der Waals surface area contributed by atoms with Crippen LogP contribution in [0.1, 0.15) is 46.7 Å². The second-order valence-electron chi connectivity index (χ2n) is 9.79. The first kappa shape index (κ1) is 22.8. The average molecular weight is 466 g/mol. The molecule has 3 saturated heterocycles. The van der Waals surface area contributed by atoms with Crippen LogP contribution in [0.25, 0.3) is 0 Å². The number of nitrogens with one attached hydrogen (secondary N) is 1. The fourth-order valence-corrected chi connectivity index (χ4v) is 5.99. The fourth-order valence-electron chi connectivity index (χ4n) is 5.99. The molecule has 180 valence electrons. The third-order valence-electron chi connectivity index (χ3n) is 7.94. The van der Waals surface area contributed by atoms with Crippen LogP contribution in [0.15, 0.2) is 42.5 Å². The second kappa shape index (κ2) is 9.37. The Balaban J connectivity index is 1.34. The summed E-state index contributed by atoms with van der Waals surface area (Å²) in [6.45, 7) is 6.78. The zero-order valence-electron chi connectivity index (χ0n) is 19.7. The molecule has 7 heteroatoms. The molecular formula is C27H32FN3O3. The van der Waals surface area contributed by atoms with Gasteiger partial charge in [0.2, 0.25) is 5.91 Å². The van der Waals surface area contributed by atoms with Crippen LogP contribution in [0, 0.1) is 18.2 Å². The molecular weight excluding hydrogens is 433 g/mol. The van der Waals surface area contributed by atoms with Crippen molar-refractivity contribution >= 4 is 17.5 Å². The number of benzene rings is 2. The quantitative estimate of drug-likeness (QED) is 0.754. The Morgan fingerprint density at radius 1 is 1.09 bits per heavy atom. The van der Waals surface area contributed by atoms with E-state index in [4.69, 9.17) is 4.74 Å². The van der Waals surface area contributed by atoms with Crippen molar-refractivity contribution in [3.05, 3.63) is 65.0 Å². The molecule has 3 fully saturated rings. The summed E-state index contributed by atoms with van der Waals surface area (Å²) < 4.78 is 19.4. The van der Waals surface area contributed by atoms with Crippen molar-refractivity contribution in [1.82, 2.24) is 10.2 Å². The van der Waals surface area contributed by atoms with E-state index in [0.29, 0.717) is 39.3 Å². The summed E-state index contributed by atoms with van der Waals surface area (Å²) >= 11 is 0. The van der Waals surface area contributed by atoms with E-state index >= 15 is 0 Å². The van der Waals surface area contributed by atoms with Gasteiger partial charge in [0.25, 0.3) is 5.91 Å². The predicted octanol–water partition coefficient (Wildman–Crippen LogP) is 3.50. The van der Waals surface area contributed by atoms with Crippen LogP contribution in [0.5, 0.6) is 0 Å². The van der Waals surface area contributed by atoms with E-state index in [1.165, 1.54) is 6.07 Å². The highest BCUT2D eigenvalue weighted by atomic mass is 19.1. The molecule has 1 atom stereocenters. The molecule has 1 N–H and O–H groups in total. The van der Waals surface area contributed by atoms with Crippen molar-refractivity contribution in [3.8, 4) is 0 Å². The Kier molecular flexibility index (Phi) is 6.30. The second-order valence-corrected chi connectivity index (χ2v) is 9.79. The maximum Gasteiger partial charge on any atom is 0.254 e. The monoisotopic (exact) mass is 465 g/mol. The first-order valence-corrected chi connectivity index (χ1v) is 12.2. The number of ether oxygens (including phenoxy) is 1. The minimum atomic E-state index is -0.257. The van der Waals surface area contributed by atoms with Gasteiger partial charge in [-0.1, -0.05) is 18.2 Å². The van der Waals surface area contributed by atoms with Gasteiger partial charge in [-0.15, -0.1) is 0 Å². The molecule has 0 unspecified atom stereocenters. The zero-order chi connectivity index (χ0) is 23.7. The number of morpholine rings is 1. The van der Waals surface area contributed by atoms with Crippen LogP contribution < -0.4 is 10.2 Å². The molecule has 5 rings (SSSR count). The summed E-state index contributed by atoms with van der Waals surface area (Å²) in [6.07, 6.45) is 1.88. The molecule has 0 aliphatic carbocycles. The number of piperidine rings is 2. The van der Waals surface area contributed by atoms with Gasteiger partial charge in [0.1, 0.15) is 5.82 Å². The number of nitrogens with zero attached hydrogens (tertiary/aromatic N) is 2. The maximum absolute atomic E-state index is 14.0. The highest BCUT2D eigenvalue weighted by molar-refractivity contribution is 5.97. The van der Waals surface area contributed by atoms with Crippen molar-refractivity contribution < 1.29 is 18.7 Å². The molecule has 0 bridgehead atoms. The highest BCUT2D eigenvalue weighted by Crippen LogP contribution is 2.49. The van der Waals surface area contributed by atoms with Crippen molar-refractivity contribution in [3.63, 3.8) is 0 Å². The Bertz CT molecular complexity index is 1070. The van der Waals surface area contributed by atoms with Crippen LogP contribution in [0.3, 0.4) is 0 Å². The zero-order valence-corrected chi connectivity index (χ0v) is 19.7. The number of carbonyl (C=O) groups is 2. The molecule has 3 aliphatic heterocycles. The maximum atomic E-state index is 14.0. The summed E-state index contributed by atoms with van der Waals surface area (Å²) in [5, 5.41) is 2.97. The smallest absolute Gasteiger partial charge is 0.254 e. The number of amides is 2.